The van der Waals surface area contributed by atoms with Crippen LogP contribution in [0, 0.1) is 5.92 Å². The van der Waals surface area contributed by atoms with Gasteiger partial charge in [0.05, 0.1) is 19.3 Å². The molecule has 0 unspecified atom stereocenters. The molecule has 2 aliphatic rings. The van der Waals surface area contributed by atoms with Crippen LogP contribution in [0.2, 0.25) is 0 Å². The van der Waals surface area contributed by atoms with Crippen LogP contribution in [0.3, 0.4) is 0 Å². The minimum Gasteiger partial charge on any atom is -0.381 e. The molecule has 3 rings (SSSR count). The average Bonchev–Trinajstić information content (AvgIpc) is 3.56. The Morgan fingerprint density at radius 3 is 2.75 bits per heavy atom. The third-order valence-corrected chi connectivity index (χ3v) is 5.29. The lowest BCUT2D eigenvalue weighted by Crippen LogP contribution is -2.40. The molecule has 6 nitrogen and oxygen atoms in total. The Bertz CT molecular complexity index is 613. The number of guanidine groups is 1. The summed E-state index contributed by atoms with van der Waals surface area (Å²) in [6.07, 6.45) is 4.98. The molecular weight excluding hydrogens is 354 g/mol. The van der Waals surface area contributed by atoms with Crippen molar-refractivity contribution in [3.8, 4) is 0 Å². The summed E-state index contributed by atoms with van der Waals surface area (Å²) >= 11 is 0. The highest BCUT2D eigenvalue weighted by atomic mass is 16.5. The topological polar surface area (TPSA) is 55.3 Å². The number of nitrogens with one attached hydrogen (secondary N) is 1. The van der Waals surface area contributed by atoms with Crippen LogP contribution >= 0.6 is 0 Å². The Balaban J connectivity index is 1.39. The van der Waals surface area contributed by atoms with Gasteiger partial charge in [-0.1, -0.05) is 24.3 Å². The van der Waals surface area contributed by atoms with Gasteiger partial charge in [0.2, 0.25) is 0 Å². The van der Waals surface area contributed by atoms with Crippen LogP contribution in [0.25, 0.3) is 0 Å². The summed E-state index contributed by atoms with van der Waals surface area (Å²) in [6, 6.07) is 8.56. The molecule has 1 heterocycles. The Labute approximate surface area is 169 Å². The number of nitrogens with zero attached hydrogens (tertiary/aromatic N) is 2. The van der Waals surface area contributed by atoms with Gasteiger partial charge in [0, 0.05) is 47.0 Å². The van der Waals surface area contributed by atoms with Gasteiger partial charge in [-0.15, -0.1) is 0 Å². The highest BCUT2D eigenvalue weighted by molar-refractivity contribution is 5.79. The molecule has 0 spiro atoms. The van der Waals surface area contributed by atoms with Gasteiger partial charge in [-0.3, -0.25) is 4.99 Å². The summed E-state index contributed by atoms with van der Waals surface area (Å²) in [4.78, 5) is 6.50. The highest BCUT2D eigenvalue weighted by Crippen LogP contribution is 2.28. The summed E-state index contributed by atoms with van der Waals surface area (Å²) in [5, 5.41) is 3.44. The molecule has 0 amide bonds. The summed E-state index contributed by atoms with van der Waals surface area (Å²) < 4.78 is 17.2. The zero-order chi connectivity index (χ0) is 19.6. The second-order valence-corrected chi connectivity index (χ2v) is 7.78. The van der Waals surface area contributed by atoms with Gasteiger partial charge in [0.1, 0.15) is 0 Å². The van der Waals surface area contributed by atoms with Crippen LogP contribution in [0.5, 0.6) is 0 Å². The van der Waals surface area contributed by atoms with Crippen molar-refractivity contribution in [2.75, 3.05) is 47.1 Å². The maximum absolute atomic E-state index is 6.04. The molecular formula is C22H35N3O3. The van der Waals surface area contributed by atoms with Crippen molar-refractivity contribution in [2.45, 2.75) is 44.9 Å². The smallest absolute Gasteiger partial charge is 0.193 e. The summed E-state index contributed by atoms with van der Waals surface area (Å²) in [5.74, 6) is 1.70. The van der Waals surface area contributed by atoms with Gasteiger partial charge >= 0.3 is 0 Å². The molecule has 1 aliphatic heterocycles. The molecule has 1 saturated heterocycles. The van der Waals surface area contributed by atoms with E-state index in [0.29, 0.717) is 12.7 Å². The van der Waals surface area contributed by atoms with Crippen molar-refractivity contribution in [3.63, 3.8) is 0 Å². The zero-order valence-corrected chi connectivity index (χ0v) is 17.4. The number of aliphatic imine (C=N–C) groups is 1. The first-order chi connectivity index (χ1) is 13.7. The maximum atomic E-state index is 6.04. The predicted molar refractivity (Wildman–Crippen MR) is 111 cm³/mol. The standard InChI is InChI=1S/C22H35N3O3/c1-23-22(25(2)10-13-27-16-18-6-7-18)24-15-19-4-3-5-20(14-19)17-28-21-8-11-26-12-9-21/h3-5,14,18,21H,6-13,15-17H2,1-2H3,(H,23,24). The SMILES string of the molecule is CN=C(NCc1cccc(COC2CCOCC2)c1)N(C)CCOCC1CC1. The minimum absolute atomic E-state index is 0.324. The van der Waals surface area contributed by atoms with Crippen molar-refractivity contribution < 1.29 is 14.2 Å². The highest BCUT2D eigenvalue weighted by Gasteiger charge is 2.21. The van der Waals surface area contributed by atoms with Gasteiger partial charge in [0.25, 0.3) is 0 Å². The average molecular weight is 390 g/mol. The number of benzene rings is 1. The van der Waals surface area contributed by atoms with Crippen molar-refractivity contribution >= 4 is 5.96 Å². The third-order valence-electron chi connectivity index (χ3n) is 5.29. The third kappa shape index (κ3) is 7.41. The zero-order valence-electron chi connectivity index (χ0n) is 17.4. The molecule has 1 N–H and O–H groups in total. The monoisotopic (exact) mass is 389 g/mol. The lowest BCUT2D eigenvalue weighted by atomic mass is 10.1. The van der Waals surface area contributed by atoms with Crippen LogP contribution in [-0.2, 0) is 27.4 Å². The predicted octanol–water partition coefficient (Wildman–Crippen LogP) is 2.82. The molecule has 1 aromatic carbocycles. The quantitative estimate of drug-likeness (QED) is 0.379. The van der Waals surface area contributed by atoms with E-state index in [9.17, 15) is 0 Å². The fourth-order valence-corrected chi connectivity index (χ4v) is 3.29. The number of rotatable bonds is 10. The number of likely N-dealkylation sites (N-methyl/N-ethyl adjacent to an activating group) is 1. The van der Waals surface area contributed by atoms with E-state index in [-0.39, 0.29) is 0 Å². The van der Waals surface area contributed by atoms with E-state index < -0.39 is 0 Å². The Morgan fingerprint density at radius 2 is 2.00 bits per heavy atom. The fourth-order valence-electron chi connectivity index (χ4n) is 3.29. The van der Waals surface area contributed by atoms with Crippen LogP contribution in [0.15, 0.2) is 29.3 Å². The molecule has 2 fully saturated rings. The summed E-state index contributed by atoms with van der Waals surface area (Å²) in [7, 11) is 3.87. The number of ether oxygens (including phenoxy) is 3. The van der Waals surface area contributed by atoms with E-state index in [0.717, 1.165) is 64.2 Å². The van der Waals surface area contributed by atoms with Gasteiger partial charge in [-0.05, 0) is 42.7 Å². The lowest BCUT2D eigenvalue weighted by Gasteiger charge is -2.23. The first kappa shape index (κ1) is 21.1. The van der Waals surface area contributed by atoms with E-state index in [1.807, 2.05) is 14.1 Å². The molecule has 0 aromatic heterocycles. The Kier molecular flexibility index (Phi) is 8.58. The van der Waals surface area contributed by atoms with Crippen molar-refractivity contribution in [1.29, 1.82) is 0 Å². The van der Waals surface area contributed by atoms with Gasteiger partial charge in [-0.25, -0.2) is 0 Å². The number of hydrogen-bond donors (Lipinski definition) is 1. The minimum atomic E-state index is 0.324. The van der Waals surface area contributed by atoms with Crippen molar-refractivity contribution in [2.24, 2.45) is 10.9 Å². The molecule has 156 valence electrons. The van der Waals surface area contributed by atoms with Crippen LogP contribution in [0.1, 0.15) is 36.8 Å². The van der Waals surface area contributed by atoms with Gasteiger partial charge in [0.15, 0.2) is 5.96 Å². The molecule has 1 aliphatic carbocycles. The first-order valence-corrected chi connectivity index (χ1v) is 10.5. The molecule has 1 aromatic rings. The van der Waals surface area contributed by atoms with E-state index in [1.54, 1.807) is 0 Å². The molecule has 6 heteroatoms. The normalized spacial score (nSPS) is 18.3. The second-order valence-electron chi connectivity index (χ2n) is 7.78. The van der Waals surface area contributed by atoms with Gasteiger partial charge in [-0.2, -0.15) is 0 Å². The fraction of sp³-hybridized carbons (Fsp3) is 0.682. The Hall–Kier alpha value is -1.63. The van der Waals surface area contributed by atoms with Gasteiger partial charge < -0.3 is 24.4 Å². The van der Waals surface area contributed by atoms with Crippen molar-refractivity contribution in [1.82, 2.24) is 10.2 Å². The molecule has 0 atom stereocenters. The second kappa shape index (κ2) is 11.4. The van der Waals surface area contributed by atoms with Crippen LogP contribution < -0.4 is 5.32 Å². The molecule has 0 bridgehead atoms. The van der Waals surface area contributed by atoms with Crippen molar-refractivity contribution in [3.05, 3.63) is 35.4 Å². The van der Waals surface area contributed by atoms with Crippen LogP contribution in [-0.4, -0.2) is 64.0 Å². The molecule has 1 saturated carbocycles. The van der Waals surface area contributed by atoms with E-state index in [1.165, 1.54) is 24.0 Å². The molecule has 0 radical (unpaired) electrons. The van der Waals surface area contributed by atoms with E-state index in [2.05, 4.69) is 39.5 Å². The van der Waals surface area contributed by atoms with Crippen LogP contribution in [0.4, 0.5) is 0 Å². The summed E-state index contributed by atoms with van der Waals surface area (Å²) in [5.41, 5.74) is 2.44. The summed E-state index contributed by atoms with van der Waals surface area (Å²) in [6.45, 7) is 5.51. The first-order valence-electron chi connectivity index (χ1n) is 10.5. The largest absolute Gasteiger partial charge is 0.381 e. The van der Waals surface area contributed by atoms with E-state index in [4.69, 9.17) is 14.2 Å². The van der Waals surface area contributed by atoms with E-state index >= 15 is 0 Å². The lowest BCUT2D eigenvalue weighted by molar-refractivity contribution is -0.0390. The number of hydrogen-bond acceptors (Lipinski definition) is 4. The maximum Gasteiger partial charge on any atom is 0.193 e. The molecule has 28 heavy (non-hydrogen) atoms. The Morgan fingerprint density at radius 1 is 1.21 bits per heavy atom.